The number of carbonyl (C=O) groups is 1. The Balaban J connectivity index is 1.61. The zero-order chi connectivity index (χ0) is 17.9. The number of carbonyl (C=O) groups excluding carboxylic acids is 1. The third kappa shape index (κ3) is 3.60. The number of nitrogen functional groups attached to an aromatic ring is 1. The van der Waals surface area contributed by atoms with E-state index in [9.17, 15) is 4.79 Å². The predicted octanol–water partition coefficient (Wildman–Crippen LogP) is 2.43. The maximum absolute atomic E-state index is 13.1. The summed E-state index contributed by atoms with van der Waals surface area (Å²) in [5.74, 6) is 0.861. The standard InChI is InChI=1S/C19H21N3O3S/c20-14-3-4-17-16(12-14)22(6-5-21-7-9-24-10-8-21)19(23)18(25-17)13-15-2-1-11-26-15/h1-4,11-13H,5-10,20H2/b18-13+. The lowest BCUT2D eigenvalue weighted by molar-refractivity contribution is -0.117. The van der Waals surface area contributed by atoms with Gasteiger partial charge in [-0.1, -0.05) is 6.07 Å². The number of thiophene rings is 1. The highest BCUT2D eigenvalue weighted by molar-refractivity contribution is 7.10. The van der Waals surface area contributed by atoms with E-state index in [0.717, 1.165) is 43.4 Å². The summed E-state index contributed by atoms with van der Waals surface area (Å²) in [6.45, 7) is 4.63. The van der Waals surface area contributed by atoms with E-state index in [0.29, 0.717) is 23.7 Å². The summed E-state index contributed by atoms with van der Waals surface area (Å²) < 4.78 is 11.3. The first kappa shape index (κ1) is 17.1. The number of morpholine rings is 1. The zero-order valence-corrected chi connectivity index (χ0v) is 15.2. The predicted molar refractivity (Wildman–Crippen MR) is 103 cm³/mol. The fourth-order valence-corrected chi connectivity index (χ4v) is 3.76. The number of nitrogens with zero attached hydrogens (tertiary/aromatic N) is 2. The molecular formula is C19H21N3O3S. The van der Waals surface area contributed by atoms with Gasteiger partial charge in [-0.25, -0.2) is 0 Å². The highest BCUT2D eigenvalue weighted by Gasteiger charge is 2.31. The molecule has 0 atom stereocenters. The van der Waals surface area contributed by atoms with Gasteiger partial charge in [-0.3, -0.25) is 9.69 Å². The van der Waals surface area contributed by atoms with Crippen molar-refractivity contribution in [2.75, 3.05) is 50.0 Å². The SMILES string of the molecule is Nc1ccc2c(c1)N(CCN1CCOCC1)C(=O)/C(=C\c1cccs1)O2. The molecule has 136 valence electrons. The molecule has 0 unspecified atom stereocenters. The van der Waals surface area contributed by atoms with Gasteiger partial charge < -0.3 is 20.1 Å². The van der Waals surface area contributed by atoms with Crippen LogP contribution in [0.2, 0.25) is 0 Å². The molecule has 1 aromatic carbocycles. The number of hydrogen-bond donors (Lipinski definition) is 1. The molecule has 3 heterocycles. The van der Waals surface area contributed by atoms with Gasteiger partial charge in [-0.15, -0.1) is 11.3 Å². The van der Waals surface area contributed by atoms with E-state index < -0.39 is 0 Å². The van der Waals surface area contributed by atoms with Crippen molar-refractivity contribution in [1.29, 1.82) is 0 Å². The van der Waals surface area contributed by atoms with Gasteiger partial charge >= 0.3 is 0 Å². The van der Waals surface area contributed by atoms with E-state index in [1.807, 2.05) is 23.6 Å². The molecule has 2 aliphatic heterocycles. The Bertz CT molecular complexity index is 813. The van der Waals surface area contributed by atoms with Crippen LogP contribution in [-0.4, -0.2) is 50.2 Å². The van der Waals surface area contributed by atoms with E-state index in [-0.39, 0.29) is 5.91 Å². The Morgan fingerprint density at radius 1 is 1.19 bits per heavy atom. The second kappa shape index (κ2) is 7.49. The van der Waals surface area contributed by atoms with Gasteiger partial charge in [-0.2, -0.15) is 0 Å². The minimum absolute atomic E-state index is 0.134. The van der Waals surface area contributed by atoms with Gasteiger partial charge in [0.05, 0.1) is 18.9 Å². The summed E-state index contributed by atoms with van der Waals surface area (Å²) in [4.78, 5) is 18.1. The molecule has 0 aliphatic carbocycles. The molecule has 4 rings (SSSR count). The molecule has 0 saturated carbocycles. The Morgan fingerprint density at radius 2 is 2.04 bits per heavy atom. The molecule has 2 aromatic rings. The van der Waals surface area contributed by atoms with E-state index in [2.05, 4.69) is 4.90 Å². The number of hydrogen-bond acceptors (Lipinski definition) is 6. The lowest BCUT2D eigenvalue weighted by atomic mass is 10.2. The third-order valence-electron chi connectivity index (χ3n) is 4.51. The van der Waals surface area contributed by atoms with Crippen molar-refractivity contribution in [1.82, 2.24) is 4.90 Å². The molecule has 26 heavy (non-hydrogen) atoms. The van der Waals surface area contributed by atoms with Crippen LogP contribution in [0.25, 0.3) is 6.08 Å². The first-order valence-corrected chi connectivity index (χ1v) is 9.53. The number of anilines is 2. The van der Waals surface area contributed by atoms with Crippen LogP contribution < -0.4 is 15.4 Å². The first-order valence-electron chi connectivity index (χ1n) is 8.65. The molecule has 6 nitrogen and oxygen atoms in total. The number of nitrogens with two attached hydrogens (primary N) is 1. The van der Waals surface area contributed by atoms with Crippen LogP contribution in [0.5, 0.6) is 5.75 Å². The summed E-state index contributed by atoms with van der Waals surface area (Å²) in [6, 6.07) is 9.33. The van der Waals surface area contributed by atoms with Crippen LogP contribution in [0.3, 0.4) is 0 Å². The van der Waals surface area contributed by atoms with Crippen LogP contribution in [0.4, 0.5) is 11.4 Å². The quantitative estimate of drug-likeness (QED) is 0.660. The van der Waals surface area contributed by atoms with Crippen molar-refractivity contribution in [3.8, 4) is 5.75 Å². The molecule has 7 heteroatoms. The van der Waals surface area contributed by atoms with Crippen molar-refractivity contribution in [2.24, 2.45) is 0 Å². The van der Waals surface area contributed by atoms with Crippen molar-refractivity contribution in [2.45, 2.75) is 0 Å². The highest BCUT2D eigenvalue weighted by atomic mass is 32.1. The molecule has 2 aliphatic rings. The van der Waals surface area contributed by atoms with Gasteiger partial charge in [0.25, 0.3) is 5.91 Å². The van der Waals surface area contributed by atoms with Gasteiger partial charge in [0.2, 0.25) is 0 Å². The van der Waals surface area contributed by atoms with E-state index in [1.54, 1.807) is 34.4 Å². The van der Waals surface area contributed by atoms with Crippen LogP contribution >= 0.6 is 11.3 Å². The minimum Gasteiger partial charge on any atom is -0.449 e. The average molecular weight is 371 g/mol. The maximum Gasteiger partial charge on any atom is 0.294 e. The fourth-order valence-electron chi connectivity index (χ4n) is 3.12. The summed E-state index contributed by atoms with van der Waals surface area (Å²) in [5, 5.41) is 1.98. The molecule has 1 amide bonds. The fraction of sp³-hybridized carbons (Fsp3) is 0.316. The monoisotopic (exact) mass is 371 g/mol. The molecule has 0 spiro atoms. The van der Waals surface area contributed by atoms with E-state index in [1.165, 1.54) is 0 Å². The topological polar surface area (TPSA) is 68.0 Å². The average Bonchev–Trinajstić information content (AvgIpc) is 3.16. The molecule has 1 fully saturated rings. The van der Waals surface area contributed by atoms with Crippen LogP contribution in [0.15, 0.2) is 41.5 Å². The maximum atomic E-state index is 13.1. The summed E-state index contributed by atoms with van der Waals surface area (Å²) in [5.41, 5.74) is 7.28. The third-order valence-corrected chi connectivity index (χ3v) is 5.33. The number of rotatable bonds is 4. The molecule has 0 radical (unpaired) electrons. The highest BCUT2D eigenvalue weighted by Crippen LogP contribution is 2.37. The number of ether oxygens (including phenoxy) is 2. The Hall–Kier alpha value is -2.35. The second-order valence-corrected chi connectivity index (χ2v) is 7.24. The van der Waals surface area contributed by atoms with Gasteiger partial charge in [0.15, 0.2) is 11.5 Å². The Labute approximate surface area is 156 Å². The Kier molecular flexibility index (Phi) is 4.92. The van der Waals surface area contributed by atoms with Crippen molar-refractivity contribution >= 4 is 34.7 Å². The molecule has 0 bridgehead atoms. The largest absolute Gasteiger partial charge is 0.449 e. The van der Waals surface area contributed by atoms with Crippen LogP contribution in [0, 0.1) is 0 Å². The van der Waals surface area contributed by atoms with Crippen LogP contribution in [-0.2, 0) is 9.53 Å². The van der Waals surface area contributed by atoms with Gasteiger partial charge in [0, 0.05) is 42.8 Å². The first-order chi connectivity index (χ1) is 12.7. The molecule has 1 aromatic heterocycles. The smallest absolute Gasteiger partial charge is 0.294 e. The Morgan fingerprint density at radius 3 is 2.81 bits per heavy atom. The zero-order valence-electron chi connectivity index (χ0n) is 14.4. The van der Waals surface area contributed by atoms with Crippen LogP contribution in [0.1, 0.15) is 4.88 Å². The lowest BCUT2D eigenvalue weighted by Crippen LogP contribution is -2.45. The lowest BCUT2D eigenvalue weighted by Gasteiger charge is -2.33. The summed E-state index contributed by atoms with van der Waals surface area (Å²) >= 11 is 1.57. The number of benzene rings is 1. The van der Waals surface area contributed by atoms with Gasteiger partial charge in [0.1, 0.15) is 0 Å². The molecule has 1 saturated heterocycles. The molecular weight excluding hydrogens is 350 g/mol. The summed E-state index contributed by atoms with van der Waals surface area (Å²) in [7, 11) is 0. The van der Waals surface area contributed by atoms with E-state index in [4.69, 9.17) is 15.2 Å². The minimum atomic E-state index is -0.134. The second-order valence-electron chi connectivity index (χ2n) is 6.26. The normalized spacial score (nSPS) is 19.5. The number of amides is 1. The summed E-state index contributed by atoms with van der Waals surface area (Å²) in [6.07, 6.45) is 1.80. The molecule has 2 N–H and O–H groups in total. The van der Waals surface area contributed by atoms with Crippen molar-refractivity contribution in [3.05, 3.63) is 46.3 Å². The number of fused-ring (bicyclic) bond motifs is 1. The van der Waals surface area contributed by atoms with Crippen molar-refractivity contribution < 1.29 is 14.3 Å². The van der Waals surface area contributed by atoms with E-state index >= 15 is 0 Å². The van der Waals surface area contributed by atoms with Gasteiger partial charge in [-0.05, 0) is 29.6 Å². The van der Waals surface area contributed by atoms with Crippen molar-refractivity contribution in [3.63, 3.8) is 0 Å².